The minimum Gasteiger partial charge on any atom is -0.497 e. The Bertz CT molecular complexity index is 977. The maximum Gasteiger partial charge on any atom is 0.312 e. The largest absolute Gasteiger partial charge is 0.497 e. The van der Waals surface area contributed by atoms with Crippen LogP contribution in [0.1, 0.15) is 60.6 Å². The minimum atomic E-state index is -0.412. The minimum absolute atomic E-state index is 0.0541. The number of fused-ring (bicyclic) bond motifs is 1. The van der Waals surface area contributed by atoms with Crippen LogP contribution in [-0.4, -0.2) is 35.9 Å². The van der Waals surface area contributed by atoms with Gasteiger partial charge in [0, 0.05) is 31.1 Å². The van der Waals surface area contributed by atoms with E-state index in [4.69, 9.17) is 4.74 Å². The zero-order valence-electron chi connectivity index (χ0n) is 17.7. The lowest BCUT2D eigenvalue weighted by Crippen LogP contribution is -2.35. The van der Waals surface area contributed by atoms with Crippen molar-refractivity contribution in [2.24, 2.45) is 5.41 Å². The number of methoxy groups -OCH3 is 1. The molecule has 2 aromatic rings. The Labute approximate surface area is 176 Å². The highest BCUT2D eigenvalue weighted by Gasteiger charge is 2.36. The maximum absolute atomic E-state index is 12.5. The second-order valence-electron chi connectivity index (χ2n) is 9.06. The summed E-state index contributed by atoms with van der Waals surface area (Å²) in [5.41, 5.74) is 2.12. The van der Waals surface area contributed by atoms with Crippen molar-refractivity contribution in [3.05, 3.63) is 57.3 Å². The summed E-state index contributed by atoms with van der Waals surface area (Å²) in [4.78, 5) is 30.5. The second-order valence-corrected chi connectivity index (χ2v) is 9.06. The molecule has 158 valence electrons. The molecule has 2 aliphatic rings. The molecule has 1 fully saturated rings. The van der Waals surface area contributed by atoms with Gasteiger partial charge in [0.2, 0.25) is 5.82 Å². The van der Waals surface area contributed by atoms with E-state index in [0.29, 0.717) is 48.9 Å². The summed E-state index contributed by atoms with van der Waals surface area (Å²) in [7, 11) is 1.65. The van der Waals surface area contributed by atoms with Gasteiger partial charge in [-0.25, -0.2) is 4.98 Å². The van der Waals surface area contributed by atoms with E-state index in [1.54, 1.807) is 7.11 Å². The van der Waals surface area contributed by atoms with Gasteiger partial charge in [0.25, 0.3) is 0 Å². The molecule has 0 unspecified atom stereocenters. The number of benzene rings is 1. The number of nitrogens with zero attached hydrogens (tertiary/aromatic N) is 3. The number of hydrogen-bond acceptors (Lipinski definition) is 6. The smallest absolute Gasteiger partial charge is 0.312 e. The molecule has 1 aromatic heterocycles. The Balaban J connectivity index is 1.58. The number of aromatic nitrogens is 1. The molecule has 1 saturated heterocycles. The monoisotopic (exact) mass is 409 g/mol. The Morgan fingerprint density at radius 1 is 1.17 bits per heavy atom. The number of carbonyl (C=O) groups is 1. The molecular weight excluding hydrogens is 382 g/mol. The van der Waals surface area contributed by atoms with Crippen molar-refractivity contribution in [3.8, 4) is 5.75 Å². The number of Topliss-reactive ketones (excluding diaryl/α,β-unsaturated/α-hetero) is 1. The van der Waals surface area contributed by atoms with E-state index in [0.717, 1.165) is 18.6 Å². The number of nitro groups is 1. The molecule has 4 rings (SSSR count). The van der Waals surface area contributed by atoms with Gasteiger partial charge in [-0.3, -0.25) is 14.9 Å². The average molecular weight is 409 g/mol. The van der Waals surface area contributed by atoms with E-state index in [1.807, 2.05) is 30.9 Å². The molecular formula is C23H27N3O4. The lowest BCUT2D eigenvalue weighted by atomic mass is 9.75. The molecule has 1 aliphatic carbocycles. The van der Waals surface area contributed by atoms with E-state index < -0.39 is 4.92 Å². The van der Waals surface area contributed by atoms with Crippen molar-refractivity contribution in [1.29, 1.82) is 0 Å². The van der Waals surface area contributed by atoms with Crippen molar-refractivity contribution in [1.82, 2.24) is 4.98 Å². The normalized spacial score (nSPS) is 18.8. The zero-order valence-corrected chi connectivity index (χ0v) is 17.7. The predicted molar refractivity (Wildman–Crippen MR) is 115 cm³/mol. The van der Waals surface area contributed by atoms with E-state index in [2.05, 4.69) is 17.1 Å². The third-order valence-electron chi connectivity index (χ3n) is 6.23. The second kappa shape index (κ2) is 7.70. The van der Waals surface area contributed by atoms with Gasteiger partial charge in [0.15, 0.2) is 5.78 Å². The number of pyridine rings is 1. The van der Waals surface area contributed by atoms with Crippen LogP contribution in [-0.2, 0) is 6.42 Å². The molecule has 0 N–H and O–H groups in total. The van der Waals surface area contributed by atoms with Crippen LogP contribution < -0.4 is 9.64 Å². The van der Waals surface area contributed by atoms with Gasteiger partial charge in [-0.15, -0.1) is 0 Å². The van der Waals surface area contributed by atoms with Gasteiger partial charge in [-0.2, -0.15) is 0 Å². The van der Waals surface area contributed by atoms with Crippen LogP contribution in [0.2, 0.25) is 0 Å². The SMILES string of the molecule is COc1ccc(C2CCN(c3nc4c(cc3[N+](=O)[O-])C(=O)CC(C)(C)C4)CC2)cc1. The maximum atomic E-state index is 12.5. The van der Waals surface area contributed by atoms with Gasteiger partial charge in [0.05, 0.1) is 17.7 Å². The first kappa shape index (κ1) is 20.3. The highest BCUT2D eigenvalue weighted by molar-refractivity contribution is 5.99. The average Bonchev–Trinajstić information content (AvgIpc) is 2.72. The Morgan fingerprint density at radius 3 is 2.43 bits per heavy atom. The van der Waals surface area contributed by atoms with Crippen molar-refractivity contribution < 1.29 is 14.5 Å². The fourth-order valence-corrected chi connectivity index (χ4v) is 4.62. The Kier molecular flexibility index (Phi) is 5.22. The number of anilines is 1. The number of hydrogen-bond donors (Lipinski definition) is 0. The number of piperidine rings is 1. The van der Waals surface area contributed by atoms with E-state index in [9.17, 15) is 14.9 Å². The third-order valence-corrected chi connectivity index (χ3v) is 6.23. The molecule has 2 heterocycles. The summed E-state index contributed by atoms with van der Waals surface area (Å²) in [6, 6.07) is 9.57. The molecule has 7 heteroatoms. The molecule has 1 aliphatic heterocycles. The van der Waals surface area contributed by atoms with Crippen molar-refractivity contribution in [2.75, 3.05) is 25.1 Å². The van der Waals surface area contributed by atoms with E-state index >= 15 is 0 Å². The van der Waals surface area contributed by atoms with Crippen LogP contribution in [0.3, 0.4) is 0 Å². The molecule has 0 saturated carbocycles. The fraction of sp³-hybridized carbons (Fsp3) is 0.478. The standard InChI is InChI=1S/C23H27N3O4/c1-23(2)13-19-18(21(27)14-23)12-20(26(28)29)22(24-19)25-10-8-16(9-11-25)15-4-6-17(30-3)7-5-15/h4-7,12,16H,8-11,13-14H2,1-3H3. The molecule has 0 bridgehead atoms. The Morgan fingerprint density at radius 2 is 1.83 bits per heavy atom. The molecule has 7 nitrogen and oxygen atoms in total. The highest BCUT2D eigenvalue weighted by Crippen LogP contribution is 2.39. The zero-order chi connectivity index (χ0) is 21.5. The van der Waals surface area contributed by atoms with Crippen LogP contribution >= 0.6 is 0 Å². The molecule has 0 spiro atoms. The van der Waals surface area contributed by atoms with Gasteiger partial charge in [-0.05, 0) is 48.3 Å². The summed E-state index contributed by atoms with van der Waals surface area (Å²) in [6.07, 6.45) is 2.84. The first-order valence-corrected chi connectivity index (χ1v) is 10.4. The molecule has 30 heavy (non-hydrogen) atoms. The number of ketones is 1. The molecule has 0 amide bonds. The van der Waals surface area contributed by atoms with Crippen molar-refractivity contribution in [2.45, 2.75) is 45.4 Å². The number of carbonyl (C=O) groups excluding carboxylic acids is 1. The van der Waals surface area contributed by atoms with Crippen LogP contribution in [0, 0.1) is 15.5 Å². The van der Waals surface area contributed by atoms with Crippen molar-refractivity contribution in [3.63, 3.8) is 0 Å². The quantitative estimate of drug-likeness (QED) is 0.544. The van der Waals surface area contributed by atoms with Crippen LogP contribution in [0.15, 0.2) is 30.3 Å². The summed E-state index contributed by atoms with van der Waals surface area (Å²) in [6.45, 7) is 5.47. The van der Waals surface area contributed by atoms with Gasteiger partial charge in [-0.1, -0.05) is 26.0 Å². The number of ether oxygens (including phenoxy) is 1. The summed E-state index contributed by atoms with van der Waals surface area (Å²) in [5, 5.41) is 11.7. The first-order chi connectivity index (χ1) is 14.3. The highest BCUT2D eigenvalue weighted by atomic mass is 16.6. The van der Waals surface area contributed by atoms with Crippen LogP contribution in [0.4, 0.5) is 11.5 Å². The summed E-state index contributed by atoms with van der Waals surface area (Å²) in [5.74, 6) is 1.59. The van der Waals surface area contributed by atoms with Gasteiger partial charge >= 0.3 is 5.69 Å². The Hall–Kier alpha value is -2.96. The predicted octanol–water partition coefficient (Wildman–Crippen LogP) is 4.54. The first-order valence-electron chi connectivity index (χ1n) is 10.4. The van der Waals surface area contributed by atoms with Gasteiger partial charge in [0.1, 0.15) is 5.75 Å². The lowest BCUT2D eigenvalue weighted by molar-refractivity contribution is -0.384. The van der Waals surface area contributed by atoms with Gasteiger partial charge < -0.3 is 9.64 Å². The van der Waals surface area contributed by atoms with Crippen molar-refractivity contribution >= 4 is 17.3 Å². The van der Waals surface area contributed by atoms with E-state index in [-0.39, 0.29) is 16.9 Å². The molecule has 0 radical (unpaired) electrons. The molecule has 0 atom stereocenters. The summed E-state index contributed by atoms with van der Waals surface area (Å²) >= 11 is 0. The lowest BCUT2D eigenvalue weighted by Gasteiger charge is -2.34. The third kappa shape index (κ3) is 3.88. The topological polar surface area (TPSA) is 85.6 Å². The van der Waals surface area contributed by atoms with E-state index in [1.165, 1.54) is 11.6 Å². The van der Waals surface area contributed by atoms with Crippen LogP contribution in [0.5, 0.6) is 5.75 Å². The van der Waals surface area contributed by atoms with Crippen LogP contribution in [0.25, 0.3) is 0 Å². The summed E-state index contributed by atoms with van der Waals surface area (Å²) < 4.78 is 5.23. The molecule has 1 aromatic carbocycles. The number of rotatable bonds is 4. The fourth-order valence-electron chi connectivity index (χ4n) is 4.62.